The zero-order chi connectivity index (χ0) is 12.7. The molecule has 102 valence electrons. The van der Waals surface area contributed by atoms with Crippen LogP contribution < -0.4 is 5.32 Å². The third kappa shape index (κ3) is 7.02. The summed E-state index contributed by atoms with van der Waals surface area (Å²) in [7, 11) is 2.21. The van der Waals surface area contributed by atoms with Crippen molar-refractivity contribution in [2.24, 2.45) is 5.92 Å². The lowest BCUT2D eigenvalue weighted by molar-refractivity contribution is 0.152. The highest BCUT2D eigenvalue weighted by Gasteiger charge is 2.12. The molecule has 0 saturated carbocycles. The summed E-state index contributed by atoms with van der Waals surface area (Å²) in [4.78, 5) is 5.01. The maximum Gasteiger partial charge on any atom is 0.0110 e. The minimum Gasteiger partial charge on any atom is -0.314 e. The number of piperazine rings is 1. The fraction of sp³-hybridized carbons (Fsp3) is 1.00. The summed E-state index contributed by atoms with van der Waals surface area (Å²) in [5.41, 5.74) is 0. The molecule has 0 amide bonds. The van der Waals surface area contributed by atoms with Crippen molar-refractivity contribution in [2.75, 3.05) is 46.3 Å². The first-order valence-electron chi connectivity index (χ1n) is 7.22. The maximum atomic E-state index is 3.63. The van der Waals surface area contributed by atoms with Crippen molar-refractivity contribution in [1.82, 2.24) is 15.1 Å². The fourth-order valence-corrected chi connectivity index (χ4v) is 2.51. The van der Waals surface area contributed by atoms with Gasteiger partial charge in [-0.05, 0) is 45.8 Å². The molecule has 3 nitrogen and oxygen atoms in total. The van der Waals surface area contributed by atoms with Gasteiger partial charge >= 0.3 is 0 Å². The minimum absolute atomic E-state index is 0.669. The normalized spacial score (nSPS) is 21.0. The molecule has 1 saturated heterocycles. The average Bonchev–Trinajstić information content (AvgIpc) is 2.26. The standard InChI is InChI=1S/C14H31N3/c1-13(2)12-14(3)15-6-5-7-17-10-8-16(4)9-11-17/h13-15H,5-12H2,1-4H3. The first kappa shape index (κ1) is 14.9. The highest BCUT2D eigenvalue weighted by molar-refractivity contribution is 4.70. The van der Waals surface area contributed by atoms with Crippen molar-refractivity contribution in [3.05, 3.63) is 0 Å². The Morgan fingerprint density at radius 1 is 1.06 bits per heavy atom. The second kappa shape index (κ2) is 8.06. The summed E-state index contributed by atoms with van der Waals surface area (Å²) < 4.78 is 0. The Morgan fingerprint density at radius 2 is 1.71 bits per heavy atom. The molecule has 1 aliphatic rings. The van der Waals surface area contributed by atoms with Crippen LogP contribution in [0.25, 0.3) is 0 Å². The van der Waals surface area contributed by atoms with Crippen molar-refractivity contribution in [3.63, 3.8) is 0 Å². The molecule has 0 radical (unpaired) electrons. The van der Waals surface area contributed by atoms with Crippen LogP contribution in [-0.4, -0.2) is 62.2 Å². The van der Waals surface area contributed by atoms with E-state index in [0.717, 1.165) is 5.92 Å². The van der Waals surface area contributed by atoms with Crippen LogP contribution >= 0.6 is 0 Å². The van der Waals surface area contributed by atoms with E-state index in [2.05, 4.69) is 42.9 Å². The molecule has 0 spiro atoms. The smallest absolute Gasteiger partial charge is 0.0110 e. The molecule has 17 heavy (non-hydrogen) atoms. The van der Waals surface area contributed by atoms with Gasteiger partial charge in [-0.3, -0.25) is 0 Å². The molecular formula is C14H31N3. The van der Waals surface area contributed by atoms with Gasteiger partial charge in [0.1, 0.15) is 0 Å². The van der Waals surface area contributed by atoms with Crippen molar-refractivity contribution in [1.29, 1.82) is 0 Å². The molecule has 3 heteroatoms. The molecule has 1 fully saturated rings. The van der Waals surface area contributed by atoms with Gasteiger partial charge in [0.2, 0.25) is 0 Å². The maximum absolute atomic E-state index is 3.63. The van der Waals surface area contributed by atoms with E-state index >= 15 is 0 Å². The molecule has 1 aliphatic heterocycles. The number of nitrogens with one attached hydrogen (secondary N) is 1. The Morgan fingerprint density at radius 3 is 2.29 bits per heavy atom. The first-order valence-corrected chi connectivity index (χ1v) is 7.22. The largest absolute Gasteiger partial charge is 0.314 e. The predicted molar refractivity (Wildman–Crippen MR) is 75.5 cm³/mol. The van der Waals surface area contributed by atoms with Crippen molar-refractivity contribution >= 4 is 0 Å². The van der Waals surface area contributed by atoms with E-state index in [9.17, 15) is 0 Å². The second-order valence-corrected chi connectivity index (χ2v) is 5.98. The molecule has 1 atom stereocenters. The topological polar surface area (TPSA) is 18.5 Å². The lowest BCUT2D eigenvalue weighted by atomic mass is 10.1. The Bertz CT molecular complexity index is 186. The highest BCUT2D eigenvalue weighted by Crippen LogP contribution is 2.04. The molecule has 0 bridgehead atoms. The van der Waals surface area contributed by atoms with E-state index in [1.54, 1.807) is 0 Å². The van der Waals surface area contributed by atoms with Crippen LogP contribution in [0.5, 0.6) is 0 Å². The van der Waals surface area contributed by atoms with Gasteiger partial charge in [0.25, 0.3) is 0 Å². The zero-order valence-electron chi connectivity index (χ0n) is 12.2. The molecule has 1 heterocycles. The van der Waals surface area contributed by atoms with Crippen LogP contribution in [0.15, 0.2) is 0 Å². The quantitative estimate of drug-likeness (QED) is 0.684. The average molecular weight is 241 g/mol. The molecule has 0 aromatic heterocycles. The Labute approximate surface area is 108 Å². The molecule has 1 N–H and O–H groups in total. The summed E-state index contributed by atoms with van der Waals surface area (Å²) >= 11 is 0. The van der Waals surface area contributed by atoms with E-state index < -0.39 is 0 Å². The Balaban J connectivity index is 1.97. The Hall–Kier alpha value is -0.120. The fourth-order valence-electron chi connectivity index (χ4n) is 2.51. The van der Waals surface area contributed by atoms with Crippen LogP contribution in [0.4, 0.5) is 0 Å². The van der Waals surface area contributed by atoms with Gasteiger partial charge in [-0.2, -0.15) is 0 Å². The predicted octanol–water partition coefficient (Wildman–Crippen LogP) is 1.65. The molecule has 0 aromatic carbocycles. The zero-order valence-corrected chi connectivity index (χ0v) is 12.2. The second-order valence-electron chi connectivity index (χ2n) is 5.98. The summed E-state index contributed by atoms with van der Waals surface area (Å²) in [6, 6.07) is 0.669. The van der Waals surface area contributed by atoms with E-state index in [4.69, 9.17) is 0 Å². The van der Waals surface area contributed by atoms with Gasteiger partial charge in [0.15, 0.2) is 0 Å². The third-order valence-corrected chi connectivity index (χ3v) is 3.56. The SMILES string of the molecule is CC(C)CC(C)NCCCN1CCN(C)CC1. The number of hydrogen-bond acceptors (Lipinski definition) is 3. The summed E-state index contributed by atoms with van der Waals surface area (Å²) in [6.45, 7) is 14.3. The summed E-state index contributed by atoms with van der Waals surface area (Å²) in [5.74, 6) is 0.801. The van der Waals surface area contributed by atoms with E-state index in [0.29, 0.717) is 6.04 Å². The number of nitrogens with zero attached hydrogens (tertiary/aromatic N) is 2. The van der Waals surface area contributed by atoms with Gasteiger partial charge in [-0.1, -0.05) is 13.8 Å². The molecule has 0 aromatic rings. The lowest BCUT2D eigenvalue weighted by Gasteiger charge is -2.32. The van der Waals surface area contributed by atoms with Gasteiger partial charge in [0.05, 0.1) is 0 Å². The van der Waals surface area contributed by atoms with Crippen LogP contribution in [0, 0.1) is 5.92 Å². The Kier molecular flexibility index (Phi) is 7.09. The monoisotopic (exact) mass is 241 g/mol. The molecular weight excluding hydrogens is 210 g/mol. The lowest BCUT2D eigenvalue weighted by Crippen LogP contribution is -2.45. The molecule has 0 aliphatic carbocycles. The van der Waals surface area contributed by atoms with Crippen LogP contribution in [-0.2, 0) is 0 Å². The summed E-state index contributed by atoms with van der Waals surface area (Å²) in [5, 5.41) is 3.63. The van der Waals surface area contributed by atoms with Gasteiger partial charge in [-0.15, -0.1) is 0 Å². The summed E-state index contributed by atoms with van der Waals surface area (Å²) in [6.07, 6.45) is 2.57. The third-order valence-electron chi connectivity index (χ3n) is 3.56. The van der Waals surface area contributed by atoms with Crippen LogP contribution in [0.1, 0.15) is 33.6 Å². The minimum atomic E-state index is 0.669. The van der Waals surface area contributed by atoms with Crippen molar-refractivity contribution in [3.8, 4) is 0 Å². The van der Waals surface area contributed by atoms with E-state index in [1.807, 2.05) is 0 Å². The highest BCUT2D eigenvalue weighted by atomic mass is 15.2. The van der Waals surface area contributed by atoms with E-state index in [1.165, 1.54) is 52.1 Å². The number of hydrogen-bond donors (Lipinski definition) is 1. The van der Waals surface area contributed by atoms with Crippen LogP contribution in [0.3, 0.4) is 0 Å². The van der Waals surface area contributed by atoms with Gasteiger partial charge < -0.3 is 15.1 Å². The van der Waals surface area contributed by atoms with Crippen LogP contribution in [0.2, 0.25) is 0 Å². The first-order chi connectivity index (χ1) is 8.08. The van der Waals surface area contributed by atoms with Crippen molar-refractivity contribution < 1.29 is 0 Å². The number of likely N-dealkylation sites (N-methyl/N-ethyl adjacent to an activating group) is 1. The molecule has 1 rings (SSSR count). The van der Waals surface area contributed by atoms with Gasteiger partial charge in [-0.25, -0.2) is 0 Å². The molecule has 1 unspecified atom stereocenters. The van der Waals surface area contributed by atoms with Crippen molar-refractivity contribution in [2.45, 2.75) is 39.7 Å². The van der Waals surface area contributed by atoms with E-state index in [-0.39, 0.29) is 0 Å². The number of rotatable bonds is 7. The van der Waals surface area contributed by atoms with Gasteiger partial charge in [0, 0.05) is 32.2 Å².